The first-order chi connectivity index (χ1) is 10.5. The molecule has 3 rings (SSSR count). The van der Waals surface area contributed by atoms with Crippen LogP contribution in [-0.4, -0.2) is 17.1 Å². The van der Waals surface area contributed by atoms with E-state index in [-0.39, 0.29) is 11.3 Å². The molecule has 0 aliphatic carbocycles. The lowest BCUT2D eigenvalue weighted by atomic mass is 10.00. The van der Waals surface area contributed by atoms with Gasteiger partial charge in [0.05, 0.1) is 12.4 Å². The number of nitrogens with one attached hydrogen (secondary N) is 1. The van der Waals surface area contributed by atoms with Crippen LogP contribution < -0.4 is 10.1 Å². The minimum Gasteiger partial charge on any atom is -0.487 e. The molecular formula is C17H18F2N2O. The van der Waals surface area contributed by atoms with Crippen LogP contribution in [-0.2, 0) is 12.8 Å². The summed E-state index contributed by atoms with van der Waals surface area (Å²) in [5.74, 6) is -0.462. The van der Waals surface area contributed by atoms with Crippen molar-refractivity contribution in [1.29, 1.82) is 0 Å². The van der Waals surface area contributed by atoms with Crippen molar-refractivity contribution in [3.8, 4) is 5.75 Å². The van der Waals surface area contributed by atoms with E-state index in [4.69, 9.17) is 4.74 Å². The van der Waals surface area contributed by atoms with E-state index >= 15 is 0 Å². The van der Waals surface area contributed by atoms with Crippen molar-refractivity contribution in [2.45, 2.75) is 32.3 Å². The maximum atomic E-state index is 13.5. The minimum absolute atomic E-state index is 0.135. The second-order valence-corrected chi connectivity index (χ2v) is 6.10. The van der Waals surface area contributed by atoms with E-state index in [9.17, 15) is 8.78 Å². The summed E-state index contributed by atoms with van der Waals surface area (Å²) in [5.41, 5.74) is 1.90. The summed E-state index contributed by atoms with van der Waals surface area (Å²) in [6.45, 7) is 4.52. The van der Waals surface area contributed by atoms with Gasteiger partial charge in [0.2, 0.25) is 0 Å². The van der Waals surface area contributed by atoms with Gasteiger partial charge in [-0.3, -0.25) is 4.98 Å². The van der Waals surface area contributed by atoms with Crippen molar-refractivity contribution in [3.05, 3.63) is 53.4 Å². The SMILES string of the molecule is CC1(C)Cc2cccc(CCNc3c(F)cncc3F)c2O1. The fourth-order valence-electron chi connectivity index (χ4n) is 2.78. The van der Waals surface area contributed by atoms with Gasteiger partial charge in [-0.25, -0.2) is 8.78 Å². The van der Waals surface area contributed by atoms with Gasteiger partial charge in [-0.15, -0.1) is 0 Å². The number of halogens is 2. The smallest absolute Gasteiger partial charge is 0.167 e. The normalized spacial score (nSPS) is 15.3. The van der Waals surface area contributed by atoms with E-state index in [2.05, 4.69) is 30.2 Å². The minimum atomic E-state index is -0.685. The topological polar surface area (TPSA) is 34.2 Å². The van der Waals surface area contributed by atoms with Crippen LogP contribution >= 0.6 is 0 Å². The molecule has 2 aromatic rings. The van der Waals surface area contributed by atoms with E-state index in [1.807, 2.05) is 12.1 Å². The molecule has 0 fully saturated rings. The molecular weight excluding hydrogens is 286 g/mol. The molecule has 1 aromatic heterocycles. The standard InChI is InChI=1S/C17H18F2N2O/c1-17(2)8-12-5-3-4-11(16(12)22-17)6-7-21-15-13(18)9-20-10-14(15)19/h3-5,9-10H,6-8H2,1-2H3,(H,20,21). The fraction of sp³-hybridized carbons (Fsp3) is 0.353. The predicted molar refractivity (Wildman–Crippen MR) is 81.2 cm³/mol. The molecule has 116 valence electrons. The average Bonchev–Trinajstić information content (AvgIpc) is 2.77. The molecule has 1 N–H and O–H groups in total. The lowest BCUT2D eigenvalue weighted by Crippen LogP contribution is -2.25. The zero-order valence-corrected chi connectivity index (χ0v) is 12.6. The summed E-state index contributed by atoms with van der Waals surface area (Å²) < 4.78 is 33.0. The monoisotopic (exact) mass is 304 g/mol. The Morgan fingerprint density at radius 1 is 1.23 bits per heavy atom. The van der Waals surface area contributed by atoms with Gasteiger partial charge in [0, 0.05) is 13.0 Å². The molecule has 0 amide bonds. The Morgan fingerprint density at radius 2 is 1.95 bits per heavy atom. The van der Waals surface area contributed by atoms with Crippen LogP contribution in [0, 0.1) is 11.6 Å². The molecule has 1 aliphatic heterocycles. The number of benzene rings is 1. The van der Waals surface area contributed by atoms with E-state index in [0.717, 1.165) is 30.1 Å². The molecule has 3 nitrogen and oxygen atoms in total. The number of hydrogen-bond acceptors (Lipinski definition) is 3. The number of rotatable bonds is 4. The Labute approximate surface area is 128 Å². The van der Waals surface area contributed by atoms with Crippen molar-refractivity contribution in [1.82, 2.24) is 4.98 Å². The summed E-state index contributed by atoms with van der Waals surface area (Å²) >= 11 is 0. The number of aromatic nitrogens is 1. The molecule has 0 unspecified atom stereocenters. The molecule has 1 aliphatic rings. The fourth-order valence-corrected chi connectivity index (χ4v) is 2.78. The Balaban J connectivity index is 1.70. The second-order valence-electron chi connectivity index (χ2n) is 6.10. The molecule has 22 heavy (non-hydrogen) atoms. The number of anilines is 1. The first-order valence-corrected chi connectivity index (χ1v) is 7.29. The van der Waals surface area contributed by atoms with Gasteiger partial charge in [-0.05, 0) is 31.4 Å². The third-order valence-electron chi connectivity index (χ3n) is 3.72. The Morgan fingerprint density at radius 3 is 2.68 bits per heavy atom. The lowest BCUT2D eigenvalue weighted by molar-refractivity contribution is 0.137. The molecule has 1 aromatic carbocycles. The highest BCUT2D eigenvalue weighted by atomic mass is 19.1. The molecule has 0 saturated carbocycles. The largest absolute Gasteiger partial charge is 0.487 e. The van der Waals surface area contributed by atoms with Gasteiger partial charge in [0.15, 0.2) is 11.6 Å². The maximum Gasteiger partial charge on any atom is 0.167 e. The van der Waals surface area contributed by atoms with Crippen LogP contribution in [0.3, 0.4) is 0 Å². The van der Waals surface area contributed by atoms with E-state index < -0.39 is 11.6 Å². The number of para-hydroxylation sites is 1. The maximum absolute atomic E-state index is 13.5. The Hall–Kier alpha value is -2.17. The number of fused-ring (bicyclic) bond motifs is 1. The van der Waals surface area contributed by atoms with Crippen molar-refractivity contribution in [2.75, 3.05) is 11.9 Å². The summed E-state index contributed by atoms with van der Waals surface area (Å²) in [4.78, 5) is 3.46. The molecule has 0 radical (unpaired) electrons. The van der Waals surface area contributed by atoms with Crippen LogP contribution in [0.15, 0.2) is 30.6 Å². The number of nitrogens with zero attached hydrogens (tertiary/aromatic N) is 1. The van der Waals surface area contributed by atoms with Gasteiger partial charge in [-0.1, -0.05) is 18.2 Å². The predicted octanol–water partition coefficient (Wildman–Crippen LogP) is 3.73. The third-order valence-corrected chi connectivity index (χ3v) is 3.72. The van der Waals surface area contributed by atoms with Crippen LogP contribution in [0.1, 0.15) is 25.0 Å². The van der Waals surface area contributed by atoms with Crippen molar-refractivity contribution in [3.63, 3.8) is 0 Å². The van der Waals surface area contributed by atoms with Crippen LogP contribution in [0.2, 0.25) is 0 Å². The molecule has 0 atom stereocenters. The van der Waals surface area contributed by atoms with E-state index in [1.165, 1.54) is 5.56 Å². The van der Waals surface area contributed by atoms with Gasteiger partial charge in [-0.2, -0.15) is 0 Å². The number of ether oxygens (including phenoxy) is 1. The van der Waals surface area contributed by atoms with Crippen LogP contribution in [0.25, 0.3) is 0 Å². The summed E-state index contributed by atoms with van der Waals surface area (Å²) in [6.07, 6.45) is 3.49. The Bertz CT molecular complexity index is 681. The van der Waals surface area contributed by atoms with Crippen molar-refractivity contribution < 1.29 is 13.5 Å². The molecule has 0 spiro atoms. The Kier molecular flexibility index (Phi) is 3.72. The molecule has 5 heteroatoms. The summed E-state index contributed by atoms with van der Waals surface area (Å²) in [5, 5.41) is 2.80. The number of hydrogen-bond donors (Lipinski definition) is 1. The summed E-state index contributed by atoms with van der Waals surface area (Å²) in [7, 11) is 0. The van der Waals surface area contributed by atoms with E-state index in [0.29, 0.717) is 13.0 Å². The first kappa shape index (κ1) is 14.8. The number of pyridine rings is 1. The van der Waals surface area contributed by atoms with Gasteiger partial charge in [0.1, 0.15) is 17.0 Å². The first-order valence-electron chi connectivity index (χ1n) is 7.29. The van der Waals surface area contributed by atoms with Crippen molar-refractivity contribution >= 4 is 5.69 Å². The van der Waals surface area contributed by atoms with Crippen molar-refractivity contribution in [2.24, 2.45) is 0 Å². The highest BCUT2D eigenvalue weighted by Gasteiger charge is 2.31. The highest BCUT2D eigenvalue weighted by Crippen LogP contribution is 2.37. The van der Waals surface area contributed by atoms with Crippen LogP contribution in [0.4, 0.5) is 14.5 Å². The lowest BCUT2D eigenvalue weighted by Gasteiger charge is -2.18. The average molecular weight is 304 g/mol. The zero-order valence-electron chi connectivity index (χ0n) is 12.6. The second kappa shape index (κ2) is 5.55. The molecule has 0 saturated heterocycles. The summed E-state index contributed by atoms with van der Waals surface area (Å²) in [6, 6.07) is 6.04. The van der Waals surface area contributed by atoms with Gasteiger partial charge in [0.25, 0.3) is 0 Å². The third kappa shape index (κ3) is 2.89. The van der Waals surface area contributed by atoms with Gasteiger partial charge >= 0.3 is 0 Å². The zero-order chi connectivity index (χ0) is 15.7. The molecule has 0 bridgehead atoms. The molecule has 2 heterocycles. The van der Waals surface area contributed by atoms with E-state index in [1.54, 1.807) is 0 Å². The quantitative estimate of drug-likeness (QED) is 0.934. The highest BCUT2D eigenvalue weighted by molar-refractivity contribution is 5.47. The van der Waals surface area contributed by atoms with Crippen LogP contribution in [0.5, 0.6) is 5.75 Å². The van der Waals surface area contributed by atoms with Gasteiger partial charge < -0.3 is 10.1 Å².